The normalized spacial score (nSPS) is 20.3. The van der Waals surface area contributed by atoms with E-state index in [0.29, 0.717) is 30.8 Å². The van der Waals surface area contributed by atoms with E-state index in [2.05, 4.69) is 5.32 Å². The van der Waals surface area contributed by atoms with Crippen molar-refractivity contribution in [3.8, 4) is 0 Å². The molecule has 7 nitrogen and oxygen atoms in total. The van der Waals surface area contributed by atoms with Crippen molar-refractivity contribution in [1.82, 2.24) is 14.5 Å². The molecule has 160 valence electrons. The molecule has 2 aliphatic rings. The number of aryl methyl sites for hydroxylation is 2. The zero-order chi connectivity index (χ0) is 21.2. The number of hydrogen-bond donors (Lipinski definition) is 1. The highest BCUT2D eigenvalue weighted by molar-refractivity contribution is 7.89. The highest BCUT2D eigenvalue weighted by atomic mass is 32.2. The first-order chi connectivity index (χ1) is 13.7. The Kier molecular flexibility index (Phi) is 6.33. The highest BCUT2D eigenvalue weighted by Crippen LogP contribution is 2.31. The van der Waals surface area contributed by atoms with E-state index in [9.17, 15) is 18.0 Å². The highest BCUT2D eigenvalue weighted by Gasteiger charge is 2.44. The maximum atomic E-state index is 13.3. The molecule has 1 aromatic rings. The molecule has 29 heavy (non-hydrogen) atoms. The van der Waals surface area contributed by atoms with Crippen LogP contribution < -0.4 is 5.32 Å². The van der Waals surface area contributed by atoms with Crippen molar-refractivity contribution in [2.45, 2.75) is 63.3 Å². The van der Waals surface area contributed by atoms with Crippen LogP contribution in [0.5, 0.6) is 0 Å². The number of hydrogen-bond acceptors (Lipinski definition) is 4. The van der Waals surface area contributed by atoms with Crippen LogP contribution in [0.4, 0.5) is 0 Å². The number of piperazine rings is 1. The molecule has 1 saturated heterocycles. The maximum Gasteiger partial charge on any atom is 0.248 e. The van der Waals surface area contributed by atoms with E-state index >= 15 is 0 Å². The third-order valence-corrected chi connectivity index (χ3v) is 8.06. The molecular formula is C21H31N3O4S. The zero-order valence-electron chi connectivity index (χ0n) is 17.5. The van der Waals surface area contributed by atoms with Crippen LogP contribution in [-0.2, 0) is 19.6 Å². The fourth-order valence-corrected chi connectivity index (χ4v) is 6.17. The average Bonchev–Trinajstić information content (AvgIpc) is 2.67. The van der Waals surface area contributed by atoms with Gasteiger partial charge in [0.05, 0.1) is 4.90 Å². The molecule has 1 N–H and O–H groups in total. The number of nitrogens with zero attached hydrogens (tertiary/aromatic N) is 2. The summed E-state index contributed by atoms with van der Waals surface area (Å²) in [5.74, 6) is -0.271. The quantitative estimate of drug-likeness (QED) is 0.805. The van der Waals surface area contributed by atoms with Crippen LogP contribution in [0.15, 0.2) is 23.1 Å². The minimum absolute atomic E-state index is 0.0732. The van der Waals surface area contributed by atoms with Crippen LogP contribution in [0.3, 0.4) is 0 Å². The smallest absolute Gasteiger partial charge is 0.248 e. The fraction of sp³-hybridized carbons (Fsp3) is 0.619. The lowest BCUT2D eigenvalue weighted by Gasteiger charge is -2.42. The summed E-state index contributed by atoms with van der Waals surface area (Å²) in [6.45, 7) is 6.38. The molecule has 1 heterocycles. The first-order valence-electron chi connectivity index (χ1n) is 10.3. The Morgan fingerprint density at radius 1 is 1.00 bits per heavy atom. The Morgan fingerprint density at radius 2 is 1.62 bits per heavy atom. The van der Waals surface area contributed by atoms with Gasteiger partial charge in [-0.3, -0.25) is 9.59 Å². The number of amides is 2. The first-order valence-corrected chi connectivity index (χ1v) is 11.8. The molecule has 0 bridgehead atoms. The summed E-state index contributed by atoms with van der Waals surface area (Å²) < 4.78 is 27.6. The van der Waals surface area contributed by atoms with E-state index in [0.717, 1.165) is 30.4 Å². The van der Waals surface area contributed by atoms with Gasteiger partial charge in [-0.25, -0.2) is 8.42 Å². The molecule has 0 radical (unpaired) electrons. The number of carbonyl (C=O) groups excluding carboxylic acids is 2. The van der Waals surface area contributed by atoms with Crippen LogP contribution >= 0.6 is 0 Å². The molecule has 1 aliphatic carbocycles. The molecular weight excluding hydrogens is 390 g/mol. The minimum Gasteiger partial charge on any atom is -0.342 e. The topological polar surface area (TPSA) is 86.8 Å². The summed E-state index contributed by atoms with van der Waals surface area (Å²) >= 11 is 0. The van der Waals surface area contributed by atoms with Gasteiger partial charge in [-0.05, 0) is 38.3 Å². The lowest BCUT2D eigenvalue weighted by atomic mass is 9.80. The van der Waals surface area contributed by atoms with E-state index in [-0.39, 0.29) is 24.9 Å². The van der Waals surface area contributed by atoms with Gasteiger partial charge in [-0.1, -0.05) is 37.0 Å². The number of sulfonamides is 1. The van der Waals surface area contributed by atoms with Crippen LogP contribution in [0.1, 0.15) is 50.2 Å². The standard InChI is InChI=1S/C21H31N3O4S/c1-16-7-8-19(17(2)15-16)29(27,28)24-13-11-23(12-14-24)20(26)21(22-18(3)25)9-5-4-6-10-21/h7-8,15H,4-6,9-14H2,1-3H3,(H,22,25). The number of nitrogens with one attached hydrogen (secondary N) is 1. The Balaban J connectivity index is 1.72. The van der Waals surface area contributed by atoms with E-state index in [1.165, 1.54) is 11.2 Å². The van der Waals surface area contributed by atoms with Crippen molar-refractivity contribution in [3.05, 3.63) is 29.3 Å². The third-order valence-electron chi connectivity index (χ3n) is 6.01. The minimum atomic E-state index is -3.59. The molecule has 2 amide bonds. The molecule has 8 heteroatoms. The Labute approximate surface area is 173 Å². The second-order valence-corrected chi connectivity index (χ2v) is 10.2. The SMILES string of the molecule is CC(=O)NC1(C(=O)N2CCN(S(=O)(=O)c3ccc(C)cc3C)CC2)CCCCC1. The maximum absolute atomic E-state index is 13.3. The second kappa shape index (κ2) is 8.44. The molecule has 0 atom stereocenters. The second-order valence-electron chi connectivity index (χ2n) is 8.29. The summed E-state index contributed by atoms with van der Waals surface area (Å²) in [7, 11) is -3.59. The Morgan fingerprint density at radius 3 is 2.17 bits per heavy atom. The van der Waals surface area contributed by atoms with Crippen LogP contribution in [0.25, 0.3) is 0 Å². The average molecular weight is 422 g/mol. The monoisotopic (exact) mass is 421 g/mol. The number of carbonyl (C=O) groups is 2. The van der Waals surface area contributed by atoms with Gasteiger partial charge in [0.25, 0.3) is 0 Å². The van der Waals surface area contributed by atoms with E-state index in [1.54, 1.807) is 24.0 Å². The predicted molar refractivity (Wildman–Crippen MR) is 111 cm³/mol. The molecule has 1 saturated carbocycles. The van der Waals surface area contributed by atoms with Crippen molar-refractivity contribution in [1.29, 1.82) is 0 Å². The summed E-state index contributed by atoms with van der Waals surface area (Å²) in [4.78, 5) is 27.0. The molecule has 3 rings (SSSR count). The molecule has 1 aliphatic heterocycles. The van der Waals surface area contributed by atoms with E-state index < -0.39 is 15.6 Å². The Hall–Kier alpha value is -1.93. The predicted octanol–water partition coefficient (Wildman–Crippen LogP) is 1.98. The largest absolute Gasteiger partial charge is 0.342 e. The van der Waals surface area contributed by atoms with Crippen LogP contribution in [0.2, 0.25) is 0 Å². The molecule has 2 fully saturated rings. The lowest BCUT2D eigenvalue weighted by Crippen LogP contribution is -2.63. The van der Waals surface area contributed by atoms with Crippen molar-refractivity contribution < 1.29 is 18.0 Å². The molecule has 0 unspecified atom stereocenters. The van der Waals surface area contributed by atoms with Gasteiger partial charge >= 0.3 is 0 Å². The molecule has 0 aromatic heterocycles. The zero-order valence-corrected chi connectivity index (χ0v) is 18.3. The van der Waals surface area contributed by atoms with E-state index in [1.807, 2.05) is 13.0 Å². The van der Waals surface area contributed by atoms with Crippen molar-refractivity contribution in [2.24, 2.45) is 0 Å². The summed E-state index contributed by atoms with van der Waals surface area (Å²) in [5, 5.41) is 2.91. The number of benzene rings is 1. The van der Waals surface area contributed by atoms with Gasteiger partial charge in [-0.2, -0.15) is 4.31 Å². The van der Waals surface area contributed by atoms with Crippen molar-refractivity contribution in [3.63, 3.8) is 0 Å². The van der Waals surface area contributed by atoms with Gasteiger partial charge in [0.1, 0.15) is 5.54 Å². The summed E-state index contributed by atoms with van der Waals surface area (Å²) in [6.07, 6.45) is 4.18. The first kappa shape index (κ1) is 21.8. The molecule has 0 spiro atoms. The summed E-state index contributed by atoms with van der Waals surface area (Å²) in [6, 6.07) is 5.33. The van der Waals surface area contributed by atoms with Gasteiger partial charge < -0.3 is 10.2 Å². The van der Waals surface area contributed by atoms with E-state index in [4.69, 9.17) is 0 Å². The summed E-state index contributed by atoms with van der Waals surface area (Å²) in [5.41, 5.74) is 0.918. The lowest BCUT2D eigenvalue weighted by molar-refractivity contribution is -0.144. The Bertz CT molecular complexity index is 883. The number of rotatable bonds is 4. The molecule has 1 aromatic carbocycles. The van der Waals surface area contributed by atoms with Crippen molar-refractivity contribution in [2.75, 3.05) is 26.2 Å². The van der Waals surface area contributed by atoms with Crippen LogP contribution in [-0.4, -0.2) is 61.2 Å². The van der Waals surface area contributed by atoms with Crippen LogP contribution in [0, 0.1) is 13.8 Å². The fourth-order valence-electron chi connectivity index (χ4n) is 4.55. The van der Waals surface area contributed by atoms with Gasteiger partial charge in [0.2, 0.25) is 21.8 Å². The van der Waals surface area contributed by atoms with Gasteiger partial charge in [0.15, 0.2) is 0 Å². The van der Waals surface area contributed by atoms with Gasteiger partial charge in [0, 0.05) is 33.1 Å². The van der Waals surface area contributed by atoms with Gasteiger partial charge in [-0.15, -0.1) is 0 Å². The van der Waals surface area contributed by atoms with Crippen molar-refractivity contribution >= 4 is 21.8 Å². The third kappa shape index (κ3) is 4.48.